The summed E-state index contributed by atoms with van der Waals surface area (Å²) in [6, 6.07) is 6.40. The minimum atomic E-state index is -0.135. The topological polar surface area (TPSA) is 64.1 Å². The Kier molecular flexibility index (Phi) is 2.44. The first-order chi connectivity index (χ1) is 6.16. The Labute approximate surface area is 88.1 Å². The predicted molar refractivity (Wildman–Crippen MR) is 49.4 cm³/mol. The van der Waals surface area contributed by atoms with Crippen molar-refractivity contribution in [2.45, 2.75) is 17.1 Å². The summed E-state index contributed by atoms with van der Waals surface area (Å²) in [5.74, 6) is 0. The first-order valence-electron chi connectivity index (χ1n) is 4.18. The maximum atomic E-state index is 5.90. The van der Waals surface area contributed by atoms with Crippen LogP contribution in [-0.2, 0) is 0 Å². The summed E-state index contributed by atoms with van der Waals surface area (Å²) >= 11 is -0.135. The van der Waals surface area contributed by atoms with Gasteiger partial charge in [-0.05, 0) is 0 Å². The van der Waals surface area contributed by atoms with Crippen LogP contribution in [0.1, 0.15) is 5.56 Å². The zero-order chi connectivity index (χ0) is 9.42. The van der Waals surface area contributed by atoms with Crippen molar-refractivity contribution < 1.29 is 21.2 Å². The normalized spacial score (nSPS) is 27.0. The molecule has 0 saturated heterocycles. The molecule has 0 bridgehead atoms. The van der Waals surface area contributed by atoms with Crippen LogP contribution in [-0.4, -0.2) is 10.2 Å². The first-order valence-corrected chi connectivity index (χ1v) is 6.51. The molecule has 1 aromatic rings. The number of nitrogens with one attached hydrogen (secondary N) is 1. The van der Waals surface area contributed by atoms with Crippen LogP contribution in [0.25, 0.3) is 0 Å². The second kappa shape index (κ2) is 3.43. The van der Waals surface area contributed by atoms with Crippen molar-refractivity contribution in [3.8, 4) is 0 Å². The average molecular weight is 290 g/mol. The average Bonchev–Trinajstić information content (AvgIpc) is 2.08. The van der Waals surface area contributed by atoms with Crippen molar-refractivity contribution in [1.82, 2.24) is 0 Å². The van der Waals surface area contributed by atoms with Gasteiger partial charge in [-0.25, -0.2) is 0 Å². The van der Waals surface area contributed by atoms with Gasteiger partial charge >= 0.3 is 88.1 Å². The van der Waals surface area contributed by atoms with Gasteiger partial charge < -0.3 is 0 Å². The van der Waals surface area contributed by atoms with Gasteiger partial charge in [0, 0.05) is 0 Å². The number of alkyl halides is 1. The molecule has 0 aliphatic carbocycles. The van der Waals surface area contributed by atoms with E-state index in [0.29, 0.717) is 0 Å². The minimum absolute atomic E-state index is 0.0667. The maximum absolute atomic E-state index is 5.90. The molecule has 2 unspecified atom stereocenters. The number of benzene rings is 1. The fourth-order valence-corrected chi connectivity index (χ4v) is 3.97. The number of anilines is 1. The third kappa shape index (κ3) is 1.79. The van der Waals surface area contributed by atoms with E-state index in [1.54, 1.807) is 0 Å². The van der Waals surface area contributed by atoms with Crippen molar-refractivity contribution >= 4 is 5.69 Å². The van der Waals surface area contributed by atoms with Crippen LogP contribution in [0, 0.1) is 10.5 Å². The second-order valence-corrected chi connectivity index (χ2v) is 6.43. The quantitative estimate of drug-likeness (QED) is 0.276. The van der Waals surface area contributed by atoms with Crippen LogP contribution in [0.3, 0.4) is 0 Å². The summed E-state index contributed by atoms with van der Waals surface area (Å²) in [6.07, 6.45) is -0.0667. The Morgan fingerprint density at radius 1 is 1.38 bits per heavy atom. The number of aryl methyl sites for hydroxylation is 1. The van der Waals surface area contributed by atoms with Gasteiger partial charge in [-0.1, -0.05) is 0 Å². The molecule has 0 saturated carbocycles. The Bertz CT molecular complexity index is 327. The summed E-state index contributed by atoms with van der Waals surface area (Å²) < 4.78 is 1.51. The van der Waals surface area contributed by atoms with Gasteiger partial charge in [0.2, 0.25) is 0 Å². The van der Waals surface area contributed by atoms with E-state index in [1.807, 2.05) is 0 Å². The fraction of sp³-hybridized carbons (Fsp3) is 0.333. The van der Waals surface area contributed by atoms with Crippen LogP contribution in [0.2, 0.25) is 0 Å². The number of fused-ring (bicyclic) bond motifs is 1. The molecule has 0 fully saturated rings. The Balaban J connectivity index is 2.37. The number of rotatable bonds is 0. The predicted octanol–water partition coefficient (Wildman–Crippen LogP) is -2.75. The van der Waals surface area contributed by atoms with Gasteiger partial charge in [0.25, 0.3) is 0 Å². The molecule has 72 valence electrons. The number of hydrogen-bond acceptors (Lipinski definition) is 3. The van der Waals surface area contributed by atoms with Crippen molar-refractivity contribution in [1.29, 1.82) is 0 Å². The van der Waals surface area contributed by atoms with Crippen molar-refractivity contribution in [2.75, 3.05) is 5.32 Å². The van der Waals surface area contributed by atoms with E-state index in [1.165, 1.54) is 14.8 Å². The van der Waals surface area contributed by atoms with Gasteiger partial charge in [0.1, 0.15) is 0 Å². The summed E-state index contributed by atoms with van der Waals surface area (Å²) in [5.41, 5.74) is 14.2. The molecule has 2 atom stereocenters. The Hall–Kier alpha value is -0.330. The molecule has 1 heterocycles. The van der Waals surface area contributed by atoms with E-state index < -0.39 is 0 Å². The molecule has 3 nitrogen and oxygen atoms in total. The van der Waals surface area contributed by atoms with Gasteiger partial charge in [-0.2, -0.15) is 0 Å². The van der Waals surface area contributed by atoms with Crippen molar-refractivity contribution in [3.05, 3.63) is 27.3 Å². The summed E-state index contributed by atoms with van der Waals surface area (Å²) in [7, 11) is 0. The summed E-state index contributed by atoms with van der Waals surface area (Å²) in [5, 5.41) is 3.22. The SMILES string of the molecule is Cc1ccc2c(c1)[I-]C(N)C(N)N2. The fourth-order valence-electron chi connectivity index (χ4n) is 1.29. The van der Waals surface area contributed by atoms with Gasteiger partial charge in [0.15, 0.2) is 0 Å². The molecule has 0 radical (unpaired) electrons. The van der Waals surface area contributed by atoms with Crippen LogP contribution in [0.5, 0.6) is 0 Å². The molecular weight excluding hydrogens is 277 g/mol. The molecule has 0 spiro atoms. The molecule has 0 amide bonds. The van der Waals surface area contributed by atoms with Gasteiger partial charge in [0.05, 0.1) is 0 Å². The van der Waals surface area contributed by atoms with Gasteiger partial charge in [-0.3, -0.25) is 0 Å². The van der Waals surface area contributed by atoms with E-state index in [2.05, 4.69) is 30.4 Å². The number of nitrogens with two attached hydrogens (primary N) is 2. The monoisotopic (exact) mass is 290 g/mol. The molecule has 0 aromatic heterocycles. The van der Waals surface area contributed by atoms with E-state index in [9.17, 15) is 0 Å². The zero-order valence-corrected chi connectivity index (χ0v) is 9.58. The summed E-state index contributed by atoms with van der Waals surface area (Å²) in [4.78, 5) is 0. The Morgan fingerprint density at radius 2 is 2.15 bits per heavy atom. The number of hydrogen-bond donors (Lipinski definition) is 3. The molecular formula is C9H13IN3-. The molecule has 4 heteroatoms. The van der Waals surface area contributed by atoms with Crippen LogP contribution >= 0.6 is 0 Å². The van der Waals surface area contributed by atoms with Gasteiger partial charge in [-0.15, -0.1) is 0 Å². The van der Waals surface area contributed by atoms with Crippen LogP contribution in [0.4, 0.5) is 5.69 Å². The molecule has 1 aliphatic heterocycles. The van der Waals surface area contributed by atoms with E-state index in [-0.39, 0.29) is 31.4 Å². The van der Waals surface area contributed by atoms with Crippen molar-refractivity contribution in [3.63, 3.8) is 0 Å². The van der Waals surface area contributed by atoms with Crippen molar-refractivity contribution in [2.24, 2.45) is 11.5 Å². The van der Waals surface area contributed by atoms with Crippen LogP contribution < -0.4 is 38.0 Å². The van der Waals surface area contributed by atoms with E-state index in [0.717, 1.165) is 0 Å². The second-order valence-electron chi connectivity index (χ2n) is 3.21. The third-order valence-corrected chi connectivity index (χ3v) is 5.09. The molecule has 1 aromatic carbocycles. The number of halogens is 1. The Morgan fingerprint density at radius 3 is 2.92 bits per heavy atom. The van der Waals surface area contributed by atoms with E-state index in [4.69, 9.17) is 11.5 Å². The molecule has 13 heavy (non-hydrogen) atoms. The third-order valence-electron chi connectivity index (χ3n) is 2.03. The molecule has 2 rings (SSSR count). The van der Waals surface area contributed by atoms with E-state index >= 15 is 0 Å². The molecule has 1 aliphatic rings. The molecule has 5 N–H and O–H groups in total. The first kappa shape index (κ1) is 9.23. The zero-order valence-electron chi connectivity index (χ0n) is 7.42. The summed E-state index contributed by atoms with van der Waals surface area (Å²) in [6.45, 7) is 2.10. The van der Waals surface area contributed by atoms with Crippen LogP contribution in [0.15, 0.2) is 18.2 Å². The standard InChI is InChI=1S/C9H13IN3/c1-5-2-3-7-6(4-5)10-8(11)9(12)13-7/h2-4,8-9,13H,11-12H2,1H3/q-1.